The van der Waals surface area contributed by atoms with Gasteiger partial charge in [0.1, 0.15) is 12.7 Å². The fourth-order valence-corrected chi connectivity index (χ4v) is 3.72. The first-order valence-corrected chi connectivity index (χ1v) is 10.2. The summed E-state index contributed by atoms with van der Waals surface area (Å²) in [7, 11) is 0. The highest BCUT2D eigenvalue weighted by atomic mass is 16.6. The van der Waals surface area contributed by atoms with Crippen LogP contribution in [0.25, 0.3) is 0 Å². The average Bonchev–Trinajstić information content (AvgIpc) is 2.69. The minimum atomic E-state index is -0.159. The molecule has 5 nitrogen and oxygen atoms in total. The number of hydrogen-bond donors (Lipinski definition) is 1. The number of carbonyl (C=O) groups excluding carboxylic acids is 1. The number of nitrogens with one attached hydrogen (secondary N) is 1. The van der Waals surface area contributed by atoms with Gasteiger partial charge in [-0.25, -0.2) is 0 Å². The summed E-state index contributed by atoms with van der Waals surface area (Å²) in [6.07, 6.45) is 3.71. The predicted octanol–water partition coefficient (Wildman–Crippen LogP) is 3.24. The van der Waals surface area contributed by atoms with Crippen molar-refractivity contribution < 1.29 is 14.3 Å². The Labute approximate surface area is 166 Å². The molecule has 1 fully saturated rings. The number of benzene rings is 2. The first-order chi connectivity index (χ1) is 13.8. The van der Waals surface area contributed by atoms with Gasteiger partial charge in [-0.05, 0) is 36.5 Å². The second kappa shape index (κ2) is 9.11. The Morgan fingerprint density at radius 3 is 2.54 bits per heavy atom. The molecule has 1 amide bonds. The summed E-state index contributed by atoms with van der Waals surface area (Å²) in [4.78, 5) is 14.8. The van der Waals surface area contributed by atoms with Crippen LogP contribution in [0.5, 0.6) is 11.5 Å². The van der Waals surface area contributed by atoms with Crippen LogP contribution in [0.2, 0.25) is 0 Å². The minimum absolute atomic E-state index is 0.0395. The molecule has 2 aromatic carbocycles. The Morgan fingerprint density at radius 2 is 1.79 bits per heavy atom. The first-order valence-electron chi connectivity index (χ1n) is 10.2. The van der Waals surface area contributed by atoms with Gasteiger partial charge in [0.2, 0.25) is 5.91 Å². The third-order valence-corrected chi connectivity index (χ3v) is 5.45. The molecule has 28 heavy (non-hydrogen) atoms. The fraction of sp³-hybridized carbons (Fsp3) is 0.435. The van der Waals surface area contributed by atoms with E-state index in [4.69, 9.17) is 9.47 Å². The van der Waals surface area contributed by atoms with E-state index in [0.717, 1.165) is 30.5 Å². The van der Waals surface area contributed by atoms with Crippen molar-refractivity contribution in [3.05, 3.63) is 60.2 Å². The molecular formula is C23H28N2O3. The summed E-state index contributed by atoms with van der Waals surface area (Å²) < 4.78 is 11.6. The van der Waals surface area contributed by atoms with Crippen molar-refractivity contribution in [2.75, 3.05) is 26.2 Å². The highest BCUT2D eigenvalue weighted by Gasteiger charge is 2.24. The van der Waals surface area contributed by atoms with Gasteiger partial charge in [0.25, 0.3) is 0 Å². The van der Waals surface area contributed by atoms with Crippen molar-refractivity contribution in [3.8, 4) is 11.5 Å². The van der Waals surface area contributed by atoms with Crippen molar-refractivity contribution in [2.45, 2.75) is 31.9 Å². The molecule has 148 valence electrons. The predicted molar refractivity (Wildman–Crippen MR) is 108 cm³/mol. The van der Waals surface area contributed by atoms with Crippen LogP contribution in [0.1, 0.15) is 24.8 Å². The topological polar surface area (TPSA) is 50.8 Å². The van der Waals surface area contributed by atoms with Crippen LogP contribution in [0.4, 0.5) is 0 Å². The van der Waals surface area contributed by atoms with Crippen LogP contribution in [0.3, 0.4) is 0 Å². The van der Waals surface area contributed by atoms with Crippen molar-refractivity contribution in [1.29, 1.82) is 0 Å². The Morgan fingerprint density at radius 1 is 1.04 bits per heavy atom. The van der Waals surface area contributed by atoms with Gasteiger partial charge in [0.05, 0.1) is 13.1 Å². The number of rotatable bonds is 8. The maximum absolute atomic E-state index is 12.6. The lowest BCUT2D eigenvalue weighted by Gasteiger charge is -2.32. The smallest absolute Gasteiger partial charge is 0.234 e. The van der Waals surface area contributed by atoms with E-state index in [1.54, 1.807) is 0 Å². The van der Waals surface area contributed by atoms with Crippen molar-refractivity contribution in [1.82, 2.24) is 10.2 Å². The molecular weight excluding hydrogens is 352 g/mol. The van der Waals surface area contributed by atoms with E-state index < -0.39 is 0 Å². The normalized spacial score (nSPS) is 18.5. The molecule has 1 aliphatic carbocycles. The number of para-hydroxylation sites is 2. The standard InChI is InChI=1S/C23H28N2O3/c26-23(24-13-20-17-27-21-11-4-5-12-22(21)28-20)16-25(15-19-9-6-10-19)14-18-7-2-1-3-8-18/h1-5,7-8,11-12,19-20H,6,9-10,13-17H2,(H,24,26). The molecule has 0 saturated heterocycles. The lowest BCUT2D eigenvalue weighted by Crippen LogP contribution is -2.45. The van der Waals surface area contributed by atoms with Gasteiger partial charge >= 0.3 is 0 Å². The highest BCUT2D eigenvalue weighted by molar-refractivity contribution is 5.78. The lowest BCUT2D eigenvalue weighted by atomic mass is 9.85. The van der Waals surface area contributed by atoms with E-state index in [1.807, 2.05) is 30.3 Å². The first kappa shape index (κ1) is 18.8. The summed E-state index contributed by atoms with van der Waals surface area (Å²) in [6.45, 7) is 3.11. The minimum Gasteiger partial charge on any atom is -0.486 e. The molecule has 1 aliphatic heterocycles. The van der Waals surface area contributed by atoms with Crippen molar-refractivity contribution in [2.24, 2.45) is 5.92 Å². The summed E-state index contributed by atoms with van der Waals surface area (Å²) in [5.41, 5.74) is 1.25. The quantitative estimate of drug-likeness (QED) is 0.764. The summed E-state index contributed by atoms with van der Waals surface area (Å²) >= 11 is 0. The van der Waals surface area contributed by atoms with Crippen LogP contribution in [0, 0.1) is 5.92 Å². The van der Waals surface area contributed by atoms with Gasteiger partial charge in [0, 0.05) is 13.1 Å². The van der Waals surface area contributed by atoms with E-state index in [-0.39, 0.29) is 12.0 Å². The van der Waals surface area contributed by atoms with E-state index in [2.05, 4.69) is 34.5 Å². The van der Waals surface area contributed by atoms with Crippen molar-refractivity contribution >= 4 is 5.91 Å². The second-order valence-electron chi connectivity index (χ2n) is 7.75. The highest BCUT2D eigenvalue weighted by Crippen LogP contribution is 2.30. The molecule has 1 saturated carbocycles. The van der Waals surface area contributed by atoms with Gasteiger partial charge in [0.15, 0.2) is 11.5 Å². The summed E-state index contributed by atoms with van der Waals surface area (Å²) in [5.74, 6) is 2.27. The van der Waals surface area contributed by atoms with Gasteiger partial charge in [-0.15, -0.1) is 0 Å². The monoisotopic (exact) mass is 380 g/mol. The number of fused-ring (bicyclic) bond motifs is 1. The third-order valence-electron chi connectivity index (χ3n) is 5.45. The Hall–Kier alpha value is -2.53. The Balaban J connectivity index is 1.27. The van der Waals surface area contributed by atoms with Crippen LogP contribution < -0.4 is 14.8 Å². The molecule has 2 aromatic rings. The zero-order chi connectivity index (χ0) is 19.2. The summed E-state index contributed by atoms with van der Waals surface area (Å²) in [6, 6.07) is 18.0. The maximum Gasteiger partial charge on any atom is 0.234 e. The SMILES string of the molecule is O=C(CN(Cc1ccccc1)CC1CCC1)NCC1COc2ccccc2O1. The van der Waals surface area contributed by atoms with Crippen LogP contribution in [-0.2, 0) is 11.3 Å². The van der Waals surface area contributed by atoms with E-state index >= 15 is 0 Å². The van der Waals surface area contributed by atoms with Gasteiger partial charge < -0.3 is 14.8 Å². The van der Waals surface area contributed by atoms with E-state index in [1.165, 1.54) is 24.8 Å². The zero-order valence-electron chi connectivity index (χ0n) is 16.2. The second-order valence-corrected chi connectivity index (χ2v) is 7.75. The number of carbonyl (C=O) groups is 1. The fourth-order valence-electron chi connectivity index (χ4n) is 3.72. The Bertz CT molecular complexity index is 776. The zero-order valence-corrected chi connectivity index (χ0v) is 16.2. The van der Waals surface area contributed by atoms with Gasteiger partial charge in [-0.2, -0.15) is 0 Å². The van der Waals surface area contributed by atoms with Crippen LogP contribution in [0.15, 0.2) is 54.6 Å². The molecule has 0 radical (unpaired) electrons. The molecule has 4 rings (SSSR count). The van der Waals surface area contributed by atoms with Crippen LogP contribution in [-0.4, -0.2) is 43.2 Å². The van der Waals surface area contributed by atoms with E-state index in [0.29, 0.717) is 19.7 Å². The molecule has 0 aromatic heterocycles. The van der Waals surface area contributed by atoms with Crippen LogP contribution >= 0.6 is 0 Å². The Kier molecular flexibility index (Phi) is 6.12. The molecule has 1 heterocycles. The maximum atomic E-state index is 12.6. The van der Waals surface area contributed by atoms with E-state index in [9.17, 15) is 4.79 Å². The number of ether oxygens (including phenoxy) is 2. The molecule has 0 spiro atoms. The number of hydrogen-bond acceptors (Lipinski definition) is 4. The molecule has 1 unspecified atom stereocenters. The summed E-state index contributed by atoms with van der Waals surface area (Å²) in [5, 5.41) is 3.02. The molecule has 2 aliphatic rings. The average molecular weight is 380 g/mol. The molecule has 0 bridgehead atoms. The van der Waals surface area contributed by atoms with Gasteiger partial charge in [-0.1, -0.05) is 48.9 Å². The lowest BCUT2D eigenvalue weighted by molar-refractivity contribution is -0.123. The largest absolute Gasteiger partial charge is 0.486 e. The molecule has 1 atom stereocenters. The number of amides is 1. The third kappa shape index (κ3) is 5.04. The van der Waals surface area contributed by atoms with Crippen molar-refractivity contribution in [3.63, 3.8) is 0 Å². The van der Waals surface area contributed by atoms with Gasteiger partial charge in [-0.3, -0.25) is 9.69 Å². The molecule has 5 heteroatoms. The number of nitrogens with zero attached hydrogens (tertiary/aromatic N) is 1. The molecule has 1 N–H and O–H groups in total.